The highest BCUT2D eigenvalue weighted by atomic mass is 32.2. The highest BCUT2D eigenvalue weighted by Crippen LogP contribution is 2.33. The SMILES string of the molecule is NC(=O)CN(c1cccc(C(F)(F)F)c1)S(=O)(=O)c1ccc(F)cc1. The minimum Gasteiger partial charge on any atom is -0.368 e. The Bertz CT molecular complexity index is 880. The molecule has 134 valence electrons. The van der Waals surface area contributed by atoms with Gasteiger partial charge < -0.3 is 5.73 Å². The minimum absolute atomic E-state index is 0.391. The van der Waals surface area contributed by atoms with Crippen LogP contribution in [0.2, 0.25) is 0 Å². The number of sulfonamides is 1. The standard InChI is InChI=1S/C15H12F4N2O3S/c16-11-4-6-13(7-5-11)25(23,24)21(9-14(20)22)12-3-1-2-10(8-12)15(17,18)19/h1-8H,9H2,(H2,20,22). The third-order valence-electron chi connectivity index (χ3n) is 3.16. The molecular formula is C15H12F4N2O3S. The molecule has 0 fully saturated rings. The van der Waals surface area contributed by atoms with Gasteiger partial charge in [0, 0.05) is 0 Å². The van der Waals surface area contributed by atoms with Gasteiger partial charge in [-0.3, -0.25) is 9.10 Å². The summed E-state index contributed by atoms with van der Waals surface area (Å²) in [5.41, 5.74) is 3.55. The van der Waals surface area contributed by atoms with Crippen LogP contribution in [-0.4, -0.2) is 20.9 Å². The van der Waals surface area contributed by atoms with Crippen molar-refractivity contribution in [2.45, 2.75) is 11.1 Å². The summed E-state index contributed by atoms with van der Waals surface area (Å²) >= 11 is 0. The summed E-state index contributed by atoms with van der Waals surface area (Å²) in [5, 5.41) is 0. The van der Waals surface area contributed by atoms with E-state index in [0.717, 1.165) is 42.5 Å². The van der Waals surface area contributed by atoms with E-state index in [2.05, 4.69) is 0 Å². The molecule has 0 aliphatic carbocycles. The molecule has 0 atom stereocenters. The van der Waals surface area contributed by atoms with Crippen LogP contribution < -0.4 is 10.0 Å². The Hall–Kier alpha value is -2.62. The summed E-state index contributed by atoms with van der Waals surface area (Å²) in [4.78, 5) is 10.8. The van der Waals surface area contributed by atoms with E-state index < -0.39 is 50.6 Å². The molecule has 0 unspecified atom stereocenters. The molecule has 0 aliphatic heterocycles. The summed E-state index contributed by atoms with van der Waals surface area (Å²) in [6, 6.07) is 7.08. The quantitative estimate of drug-likeness (QED) is 0.815. The van der Waals surface area contributed by atoms with Gasteiger partial charge in [0.15, 0.2) is 0 Å². The van der Waals surface area contributed by atoms with Crippen LogP contribution in [0, 0.1) is 5.82 Å². The Kier molecular flexibility index (Phi) is 5.02. The van der Waals surface area contributed by atoms with Gasteiger partial charge in [-0.05, 0) is 42.5 Å². The van der Waals surface area contributed by atoms with Crippen molar-refractivity contribution < 1.29 is 30.8 Å². The van der Waals surface area contributed by atoms with Gasteiger partial charge in [-0.25, -0.2) is 12.8 Å². The van der Waals surface area contributed by atoms with Gasteiger partial charge in [0.1, 0.15) is 12.4 Å². The number of carbonyl (C=O) groups excluding carboxylic acids is 1. The lowest BCUT2D eigenvalue weighted by molar-refractivity contribution is -0.137. The van der Waals surface area contributed by atoms with Gasteiger partial charge in [0.05, 0.1) is 16.1 Å². The van der Waals surface area contributed by atoms with Gasteiger partial charge in [-0.2, -0.15) is 13.2 Å². The molecule has 0 aromatic heterocycles. The van der Waals surface area contributed by atoms with Crippen molar-refractivity contribution >= 4 is 21.6 Å². The normalized spacial score (nSPS) is 12.0. The molecule has 0 saturated carbocycles. The molecule has 0 radical (unpaired) electrons. The zero-order valence-electron chi connectivity index (χ0n) is 12.5. The van der Waals surface area contributed by atoms with Crippen molar-refractivity contribution in [2.24, 2.45) is 5.73 Å². The second-order valence-electron chi connectivity index (χ2n) is 4.98. The Labute approximate surface area is 140 Å². The molecule has 0 saturated heterocycles. The van der Waals surface area contributed by atoms with E-state index in [0.29, 0.717) is 10.4 Å². The Morgan fingerprint density at radius 2 is 1.68 bits per heavy atom. The van der Waals surface area contributed by atoms with Crippen molar-refractivity contribution in [1.82, 2.24) is 0 Å². The zero-order valence-corrected chi connectivity index (χ0v) is 13.3. The molecule has 2 aromatic carbocycles. The largest absolute Gasteiger partial charge is 0.416 e. The maximum absolute atomic E-state index is 13.0. The van der Waals surface area contributed by atoms with Crippen molar-refractivity contribution in [3.05, 3.63) is 59.9 Å². The number of anilines is 1. The number of hydrogen-bond donors (Lipinski definition) is 1. The monoisotopic (exact) mass is 376 g/mol. The first-order chi connectivity index (χ1) is 11.5. The fourth-order valence-corrected chi connectivity index (χ4v) is 3.45. The lowest BCUT2D eigenvalue weighted by Gasteiger charge is -2.24. The summed E-state index contributed by atoms with van der Waals surface area (Å²) in [5.74, 6) is -1.76. The molecule has 2 N–H and O–H groups in total. The van der Waals surface area contributed by atoms with Crippen LogP contribution >= 0.6 is 0 Å². The van der Waals surface area contributed by atoms with Crippen molar-refractivity contribution in [1.29, 1.82) is 0 Å². The number of carbonyl (C=O) groups is 1. The van der Waals surface area contributed by atoms with Gasteiger partial charge in [-0.15, -0.1) is 0 Å². The molecule has 0 spiro atoms. The summed E-state index contributed by atoms with van der Waals surface area (Å²) in [6.45, 7) is -0.874. The number of nitrogens with two attached hydrogens (primary N) is 1. The Balaban J connectivity index is 2.57. The fourth-order valence-electron chi connectivity index (χ4n) is 2.03. The molecule has 25 heavy (non-hydrogen) atoms. The van der Waals surface area contributed by atoms with E-state index in [4.69, 9.17) is 5.73 Å². The lowest BCUT2D eigenvalue weighted by Crippen LogP contribution is -2.38. The fraction of sp³-hybridized carbons (Fsp3) is 0.133. The van der Waals surface area contributed by atoms with E-state index in [9.17, 15) is 30.8 Å². The Morgan fingerprint density at radius 1 is 1.08 bits per heavy atom. The van der Waals surface area contributed by atoms with Crippen LogP contribution in [0.25, 0.3) is 0 Å². The highest BCUT2D eigenvalue weighted by Gasteiger charge is 2.33. The minimum atomic E-state index is -4.70. The average molecular weight is 376 g/mol. The van der Waals surface area contributed by atoms with Crippen LogP contribution in [0.5, 0.6) is 0 Å². The molecule has 5 nitrogen and oxygen atoms in total. The second-order valence-corrected chi connectivity index (χ2v) is 6.84. The Morgan fingerprint density at radius 3 is 2.20 bits per heavy atom. The van der Waals surface area contributed by atoms with Crippen LogP contribution in [0.1, 0.15) is 5.56 Å². The van der Waals surface area contributed by atoms with Crippen molar-refractivity contribution in [2.75, 3.05) is 10.8 Å². The maximum atomic E-state index is 13.0. The van der Waals surface area contributed by atoms with E-state index >= 15 is 0 Å². The third kappa shape index (κ3) is 4.27. The highest BCUT2D eigenvalue weighted by molar-refractivity contribution is 7.92. The first kappa shape index (κ1) is 18.7. The molecule has 1 amide bonds. The smallest absolute Gasteiger partial charge is 0.368 e. The number of alkyl halides is 3. The number of halogens is 4. The number of benzene rings is 2. The second kappa shape index (κ2) is 6.71. The topological polar surface area (TPSA) is 80.5 Å². The van der Waals surface area contributed by atoms with E-state index in [1.807, 2.05) is 0 Å². The summed E-state index contributed by atoms with van der Waals surface area (Å²) in [7, 11) is -4.43. The van der Waals surface area contributed by atoms with Gasteiger partial charge in [0.25, 0.3) is 10.0 Å². The first-order valence-electron chi connectivity index (χ1n) is 6.75. The number of hydrogen-bond acceptors (Lipinski definition) is 3. The molecular weight excluding hydrogens is 364 g/mol. The summed E-state index contributed by atoms with van der Waals surface area (Å²) < 4.78 is 77.3. The molecule has 0 aliphatic rings. The summed E-state index contributed by atoms with van der Waals surface area (Å²) in [6.07, 6.45) is -4.70. The number of amides is 1. The average Bonchev–Trinajstić information content (AvgIpc) is 2.52. The maximum Gasteiger partial charge on any atom is 0.416 e. The molecule has 10 heteroatoms. The number of rotatable bonds is 5. The van der Waals surface area contributed by atoms with Crippen LogP contribution in [-0.2, 0) is 21.0 Å². The predicted molar refractivity (Wildman–Crippen MR) is 81.6 cm³/mol. The molecule has 2 aromatic rings. The van der Waals surface area contributed by atoms with Gasteiger partial charge in [0.2, 0.25) is 5.91 Å². The van der Waals surface area contributed by atoms with E-state index in [-0.39, 0.29) is 0 Å². The zero-order chi connectivity index (χ0) is 18.8. The first-order valence-corrected chi connectivity index (χ1v) is 8.19. The molecule has 0 heterocycles. The number of nitrogens with zero attached hydrogens (tertiary/aromatic N) is 1. The lowest BCUT2D eigenvalue weighted by atomic mass is 10.2. The molecule has 2 rings (SSSR count). The van der Waals surface area contributed by atoms with Gasteiger partial charge >= 0.3 is 6.18 Å². The number of primary amides is 1. The van der Waals surface area contributed by atoms with Crippen molar-refractivity contribution in [3.8, 4) is 0 Å². The van der Waals surface area contributed by atoms with Crippen LogP contribution in [0.4, 0.5) is 23.2 Å². The van der Waals surface area contributed by atoms with Crippen molar-refractivity contribution in [3.63, 3.8) is 0 Å². The third-order valence-corrected chi connectivity index (χ3v) is 4.95. The van der Waals surface area contributed by atoms with Crippen LogP contribution in [0.15, 0.2) is 53.4 Å². The molecule has 0 bridgehead atoms. The van der Waals surface area contributed by atoms with E-state index in [1.165, 1.54) is 0 Å². The van der Waals surface area contributed by atoms with E-state index in [1.54, 1.807) is 0 Å². The predicted octanol–water partition coefficient (Wildman–Crippen LogP) is 2.53. The van der Waals surface area contributed by atoms with Gasteiger partial charge in [-0.1, -0.05) is 6.07 Å². The van der Waals surface area contributed by atoms with Crippen LogP contribution in [0.3, 0.4) is 0 Å².